The summed E-state index contributed by atoms with van der Waals surface area (Å²) in [6.45, 7) is 1.84. The van der Waals surface area contributed by atoms with Crippen LogP contribution in [0.4, 0.5) is 5.69 Å². The van der Waals surface area contributed by atoms with Crippen LogP contribution < -0.4 is 11.1 Å². The van der Waals surface area contributed by atoms with Crippen LogP contribution in [-0.2, 0) is 4.79 Å². The number of aromatic nitrogens is 3. The van der Waals surface area contributed by atoms with Gasteiger partial charge in [-0.3, -0.25) is 14.2 Å². The SMILES string of the molecule is Cc1ccc(C(N)=O)cc1NC(=O)CSc1nnc(-c2ccco2)n1-c1ccccc1. The molecule has 2 aromatic carbocycles. The minimum absolute atomic E-state index is 0.101. The second-order valence-corrected chi connectivity index (χ2v) is 7.63. The molecule has 8 nitrogen and oxygen atoms in total. The molecule has 0 bridgehead atoms. The highest BCUT2D eigenvalue weighted by Gasteiger charge is 2.19. The second kappa shape index (κ2) is 8.88. The van der Waals surface area contributed by atoms with Crippen molar-refractivity contribution in [3.05, 3.63) is 78.1 Å². The van der Waals surface area contributed by atoms with Gasteiger partial charge in [0.25, 0.3) is 0 Å². The zero-order valence-electron chi connectivity index (χ0n) is 16.6. The molecule has 0 fully saturated rings. The van der Waals surface area contributed by atoms with Gasteiger partial charge in [-0.1, -0.05) is 36.0 Å². The number of amides is 2. The van der Waals surface area contributed by atoms with Gasteiger partial charge in [0.05, 0.1) is 12.0 Å². The van der Waals surface area contributed by atoms with Crippen LogP contribution in [0.25, 0.3) is 17.3 Å². The molecule has 0 aliphatic carbocycles. The fraction of sp³-hybridized carbons (Fsp3) is 0.0909. The number of hydrogen-bond donors (Lipinski definition) is 2. The van der Waals surface area contributed by atoms with Crippen molar-refractivity contribution in [1.82, 2.24) is 14.8 Å². The quantitative estimate of drug-likeness (QED) is 0.430. The van der Waals surface area contributed by atoms with E-state index in [4.69, 9.17) is 10.2 Å². The summed E-state index contributed by atoms with van der Waals surface area (Å²) >= 11 is 1.25. The Morgan fingerprint density at radius 1 is 1.10 bits per heavy atom. The summed E-state index contributed by atoms with van der Waals surface area (Å²) in [7, 11) is 0. The van der Waals surface area contributed by atoms with Crippen molar-refractivity contribution < 1.29 is 14.0 Å². The molecule has 3 N–H and O–H groups in total. The average molecular weight is 433 g/mol. The Balaban J connectivity index is 1.55. The number of carbonyl (C=O) groups excluding carboxylic acids is 2. The Morgan fingerprint density at radius 2 is 1.90 bits per heavy atom. The first-order chi connectivity index (χ1) is 15.0. The van der Waals surface area contributed by atoms with Crippen LogP contribution in [0.3, 0.4) is 0 Å². The lowest BCUT2D eigenvalue weighted by Crippen LogP contribution is -2.17. The predicted molar refractivity (Wildman–Crippen MR) is 118 cm³/mol. The highest BCUT2D eigenvalue weighted by Crippen LogP contribution is 2.28. The Labute approximate surface area is 182 Å². The van der Waals surface area contributed by atoms with E-state index in [-0.39, 0.29) is 11.7 Å². The molecule has 0 saturated heterocycles. The number of anilines is 1. The maximum Gasteiger partial charge on any atom is 0.248 e. The fourth-order valence-corrected chi connectivity index (χ4v) is 3.72. The first-order valence-corrected chi connectivity index (χ1v) is 10.4. The number of nitrogens with zero attached hydrogens (tertiary/aromatic N) is 3. The van der Waals surface area contributed by atoms with E-state index in [0.29, 0.717) is 28.0 Å². The van der Waals surface area contributed by atoms with Gasteiger partial charge in [-0.25, -0.2) is 0 Å². The first kappa shape index (κ1) is 20.4. The molecular formula is C22H19N5O3S. The number of hydrogen-bond acceptors (Lipinski definition) is 6. The standard InChI is InChI=1S/C22H19N5O3S/c1-14-9-10-15(20(23)29)12-17(14)24-19(28)13-31-22-26-25-21(18-8-5-11-30-18)27(22)16-6-3-2-4-7-16/h2-12H,13H2,1H3,(H2,23,29)(H,24,28). The van der Waals surface area contributed by atoms with Crippen molar-refractivity contribution >= 4 is 29.3 Å². The van der Waals surface area contributed by atoms with Gasteiger partial charge in [0.2, 0.25) is 17.6 Å². The van der Waals surface area contributed by atoms with Crippen molar-refractivity contribution in [3.8, 4) is 17.3 Å². The lowest BCUT2D eigenvalue weighted by molar-refractivity contribution is -0.113. The van der Waals surface area contributed by atoms with Crippen LogP contribution in [0.2, 0.25) is 0 Å². The van der Waals surface area contributed by atoms with Gasteiger partial charge < -0.3 is 15.5 Å². The van der Waals surface area contributed by atoms with Gasteiger partial charge in [0.1, 0.15) is 0 Å². The number of primary amides is 1. The summed E-state index contributed by atoms with van der Waals surface area (Å²) in [5, 5.41) is 11.9. The van der Waals surface area contributed by atoms with Crippen molar-refractivity contribution in [2.24, 2.45) is 5.73 Å². The van der Waals surface area contributed by atoms with Gasteiger partial charge in [0, 0.05) is 16.9 Å². The molecule has 0 saturated carbocycles. The number of rotatable bonds is 7. The lowest BCUT2D eigenvalue weighted by Gasteiger charge is -2.11. The maximum atomic E-state index is 12.6. The highest BCUT2D eigenvalue weighted by molar-refractivity contribution is 7.99. The van der Waals surface area contributed by atoms with E-state index in [0.717, 1.165) is 11.3 Å². The Bertz CT molecular complexity index is 1220. The van der Waals surface area contributed by atoms with E-state index in [9.17, 15) is 9.59 Å². The molecule has 0 spiro atoms. The molecule has 156 valence electrons. The van der Waals surface area contributed by atoms with E-state index in [2.05, 4.69) is 15.5 Å². The fourth-order valence-electron chi connectivity index (χ4n) is 2.96. The largest absolute Gasteiger partial charge is 0.461 e. The molecular weight excluding hydrogens is 414 g/mol. The molecule has 9 heteroatoms. The molecule has 0 radical (unpaired) electrons. The van der Waals surface area contributed by atoms with Crippen LogP contribution in [-0.4, -0.2) is 32.3 Å². The van der Waals surface area contributed by atoms with Crippen molar-refractivity contribution in [2.75, 3.05) is 11.1 Å². The van der Waals surface area contributed by atoms with Gasteiger partial charge in [-0.05, 0) is 48.9 Å². The molecule has 2 aromatic heterocycles. The van der Waals surface area contributed by atoms with Crippen LogP contribution in [0.1, 0.15) is 15.9 Å². The molecule has 0 aliphatic heterocycles. The molecule has 4 rings (SSSR count). The Hall–Kier alpha value is -3.85. The molecule has 2 heterocycles. The monoisotopic (exact) mass is 433 g/mol. The summed E-state index contributed by atoms with van der Waals surface area (Å²) in [6, 6.07) is 18.1. The number of carbonyl (C=O) groups is 2. The molecule has 31 heavy (non-hydrogen) atoms. The number of nitrogens with two attached hydrogens (primary N) is 1. The highest BCUT2D eigenvalue weighted by atomic mass is 32.2. The summed E-state index contributed by atoms with van der Waals surface area (Å²) in [4.78, 5) is 24.0. The topological polar surface area (TPSA) is 116 Å². The zero-order valence-corrected chi connectivity index (χ0v) is 17.4. The van der Waals surface area contributed by atoms with E-state index < -0.39 is 5.91 Å². The predicted octanol–water partition coefficient (Wildman–Crippen LogP) is 3.67. The number of thioether (sulfide) groups is 1. The molecule has 2 amide bonds. The first-order valence-electron chi connectivity index (χ1n) is 9.41. The third-order valence-electron chi connectivity index (χ3n) is 4.52. The summed E-state index contributed by atoms with van der Waals surface area (Å²) in [5.74, 6) is 0.433. The van der Waals surface area contributed by atoms with E-state index in [1.54, 1.807) is 36.6 Å². The number of nitrogens with one attached hydrogen (secondary N) is 1. The molecule has 0 aliphatic rings. The number of para-hydroxylation sites is 1. The summed E-state index contributed by atoms with van der Waals surface area (Å²) < 4.78 is 7.34. The lowest BCUT2D eigenvalue weighted by atomic mass is 10.1. The minimum atomic E-state index is -0.550. The third-order valence-corrected chi connectivity index (χ3v) is 5.45. The molecule has 0 unspecified atom stereocenters. The second-order valence-electron chi connectivity index (χ2n) is 6.69. The van der Waals surface area contributed by atoms with Crippen LogP contribution in [0.5, 0.6) is 0 Å². The van der Waals surface area contributed by atoms with Crippen molar-refractivity contribution in [1.29, 1.82) is 0 Å². The minimum Gasteiger partial charge on any atom is -0.461 e. The number of benzene rings is 2. The van der Waals surface area contributed by atoms with Crippen molar-refractivity contribution in [2.45, 2.75) is 12.1 Å². The maximum absolute atomic E-state index is 12.6. The number of furan rings is 1. The third kappa shape index (κ3) is 4.51. The Kier molecular flexibility index (Phi) is 5.85. The van der Waals surface area contributed by atoms with Crippen molar-refractivity contribution in [3.63, 3.8) is 0 Å². The average Bonchev–Trinajstić information content (AvgIpc) is 3.44. The molecule has 4 aromatic rings. The normalized spacial score (nSPS) is 10.7. The van der Waals surface area contributed by atoms with Gasteiger partial charge >= 0.3 is 0 Å². The summed E-state index contributed by atoms with van der Waals surface area (Å²) in [5.41, 5.74) is 7.89. The van der Waals surface area contributed by atoms with Gasteiger partial charge in [-0.2, -0.15) is 0 Å². The van der Waals surface area contributed by atoms with Crippen LogP contribution in [0.15, 0.2) is 76.5 Å². The summed E-state index contributed by atoms with van der Waals surface area (Å²) in [6.07, 6.45) is 1.57. The Morgan fingerprint density at radius 3 is 2.61 bits per heavy atom. The zero-order chi connectivity index (χ0) is 21.8. The van der Waals surface area contributed by atoms with E-state index in [1.807, 2.05) is 41.8 Å². The van der Waals surface area contributed by atoms with Gasteiger partial charge in [-0.15, -0.1) is 10.2 Å². The number of aryl methyl sites for hydroxylation is 1. The van der Waals surface area contributed by atoms with E-state index >= 15 is 0 Å². The van der Waals surface area contributed by atoms with E-state index in [1.165, 1.54) is 11.8 Å². The smallest absolute Gasteiger partial charge is 0.248 e. The van der Waals surface area contributed by atoms with Gasteiger partial charge in [0.15, 0.2) is 10.9 Å². The van der Waals surface area contributed by atoms with Crippen LogP contribution in [0, 0.1) is 6.92 Å². The van der Waals surface area contributed by atoms with Crippen LogP contribution >= 0.6 is 11.8 Å². The molecule has 0 atom stereocenters.